The molecule has 1 aliphatic carbocycles. The van der Waals surface area contributed by atoms with Crippen LogP contribution in [0.3, 0.4) is 0 Å². The topological polar surface area (TPSA) is 159 Å². The van der Waals surface area contributed by atoms with E-state index in [1.165, 1.54) is 0 Å². The fourth-order valence-corrected chi connectivity index (χ4v) is 5.99. The minimum atomic E-state index is -1.30. The van der Waals surface area contributed by atoms with Crippen molar-refractivity contribution in [3.8, 4) is 5.75 Å². The Hall–Kier alpha value is -3.84. The average molecular weight is 609 g/mol. The van der Waals surface area contributed by atoms with Gasteiger partial charge in [0.2, 0.25) is 17.7 Å². The second-order valence-corrected chi connectivity index (χ2v) is 11.8. The van der Waals surface area contributed by atoms with Gasteiger partial charge in [-0.2, -0.15) is 0 Å². The Morgan fingerprint density at radius 1 is 1.00 bits per heavy atom. The summed E-state index contributed by atoms with van der Waals surface area (Å²) in [6.45, 7) is 5.66. The number of amides is 3. The van der Waals surface area contributed by atoms with Gasteiger partial charge in [-0.25, -0.2) is 0 Å². The van der Waals surface area contributed by atoms with Crippen LogP contribution in [-0.2, 0) is 48.1 Å². The maximum absolute atomic E-state index is 13.9. The molecule has 2 heterocycles. The predicted molar refractivity (Wildman–Crippen MR) is 159 cm³/mol. The molecule has 44 heavy (non-hydrogen) atoms. The van der Waals surface area contributed by atoms with Gasteiger partial charge in [-0.15, -0.1) is 0 Å². The molecule has 12 nitrogen and oxygen atoms in total. The zero-order valence-corrected chi connectivity index (χ0v) is 25.3. The molecule has 236 valence electrons. The van der Waals surface area contributed by atoms with Gasteiger partial charge in [-0.3, -0.25) is 24.1 Å². The summed E-state index contributed by atoms with van der Waals surface area (Å²) in [5, 5.41) is 17.9. The van der Waals surface area contributed by atoms with Crippen molar-refractivity contribution < 1.29 is 38.5 Å². The molecule has 1 unspecified atom stereocenters. The quantitative estimate of drug-likeness (QED) is 0.228. The maximum atomic E-state index is 13.9. The van der Waals surface area contributed by atoms with Crippen molar-refractivity contribution in [3.05, 3.63) is 65.2 Å². The van der Waals surface area contributed by atoms with Crippen LogP contribution in [0.4, 0.5) is 0 Å². The van der Waals surface area contributed by atoms with Crippen molar-refractivity contribution in [1.82, 2.24) is 20.9 Å². The van der Waals surface area contributed by atoms with E-state index in [1.807, 2.05) is 17.0 Å². The largest absolute Gasteiger partial charge is 0.497 e. The lowest BCUT2D eigenvalue weighted by molar-refractivity contribution is -0.140. The lowest BCUT2D eigenvalue weighted by atomic mass is 9.64. The number of ether oxygens (including phenoxy) is 3. The first-order valence-electron chi connectivity index (χ1n) is 14.8. The molecule has 1 saturated carbocycles. The zero-order chi connectivity index (χ0) is 31.5. The smallest absolute Gasteiger partial charge is 0.243 e. The minimum Gasteiger partial charge on any atom is -0.497 e. The van der Waals surface area contributed by atoms with Gasteiger partial charge < -0.3 is 35.3 Å². The van der Waals surface area contributed by atoms with Crippen LogP contribution in [0.1, 0.15) is 30.5 Å². The number of aliphatic hydroxyl groups excluding tert-OH is 1. The third-order valence-corrected chi connectivity index (χ3v) is 8.62. The van der Waals surface area contributed by atoms with Crippen LogP contribution in [0.5, 0.6) is 5.75 Å². The molecule has 3 aliphatic rings. The fraction of sp³-hybridized carbons (Fsp3) is 0.500. The standard InChI is InChI=1S/C32H40N4O8/c1-20(33-26(38)18-36-12-14-43-15-13-36)27(39)34-25(16-21-8-10-24(42-3)11-9-21)28(40)35-32(29(41)31(2)30(32)44-31)17-22-4-6-23(19-37)7-5-22/h4-11,20,25,30,37H,12-19H2,1-3H3,(H,33,38)(H,34,39)(H,35,40)/t20-,25-,30?,31-,32-/m0/s1. The van der Waals surface area contributed by atoms with E-state index in [2.05, 4.69) is 16.0 Å². The number of methoxy groups -OCH3 is 1. The molecule has 12 heteroatoms. The van der Waals surface area contributed by atoms with E-state index in [0.717, 1.165) is 16.7 Å². The SMILES string of the molecule is COc1ccc(C[C@H](NC(=O)[C@H](C)NC(=O)CN2CCOCC2)C(=O)N[C@@]2(Cc3ccc(CO)cc3)C(=O)[C@]3(C)OC23)cc1. The molecule has 2 saturated heterocycles. The molecule has 4 N–H and O–H groups in total. The summed E-state index contributed by atoms with van der Waals surface area (Å²) in [6.07, 6.45) is -0.172. The number of carbonyl (C=O) groups is 4. The third-order valence-electron chi connectivity index (χ3n) is 8.62. The Balaban J connectivity index is 1.31. The van der Waals surface area contributed by atoms with E-state index in [4.69, 9.17) is 14.2 Å². The zero-order valence-electron chi connectivity index (χ0n) is 25.3. The van der Waals surface area contributed by atoms with Crippen LogP contribution in [0.2, 0.25) is 0 Å². The van der Waals surface area contributed by atoms with E-state index in [1.54, 1.807) is 57.4 Å². The third kappa shape index (κ3) is 6.63. The molecule has 2 aliphatic heterocycles. The Morgan fingerprint density at radius 3 is 2.23 bits per heavy atom. The van der Waals surface area contributed by atoms with Gasteiger partial charge in [-0.05, 0) is 42.7 Å². The summed E-state index contributed by atoms with van der Waals surface area (Å²) in [5.74, 6) is -0.962. The highest BCUT2D eigenvalue weighted by Crippen LogP contribution is 2.57. The molecule has 3 amide bonds. The summed E-state index contributed by atoms with van der Waals surface area (Å²) in [6, 6.07) is 12.3. The highest BCUT2D eigenvalue weighted by molar-refractivity contribution is 6.10. The molecule has 5 atom stereocenters. The number of benzene rings is 2. The van der Waals surface area contributed by atoms with Crippen LogP contribution >= 0.6 is 0 Å². The second kappa shape index (κ2) is 13.0. The van der Waals surface area contributed by atoms with Gasteiger partial charge in [0.15, 0.2) is 11.4 Å². The number of fused-ring (bicyclic) bond motifs is 1. The molecule has 0 radical (unpaired) electrons. The monoisotopic (exact) mass is 608 g/mol. The summed E-state index contributed by atoms with van der Waals surface area (Å²) >= 11 is 0. The minimum absolute atomic E-state index is 0.107. The lowest BCUT2D eigenvalue weighted by Gasteiger charge is -2.41. The van der Waals surface area contributed by atoms with Gasteiger partial charge in [0.25, 0.3) is 0 Å². The number of hydrogen-bond acceptors (Lipinski definition) is 9. The van der Waals surface area contributed by atoms with Gasteiger partial charge in [0, 0.05) is 25.9 Å². The van der Waals surface area contributed by atoms with Crippen LogP contribution in [0.25, 0.3) is 0 Å². The molecule has 0 spiro atoms. The van der Waals surface area contributed by atoms with Crippen molar-refractivity contribution in [2.24, 2.45) is 0 Å². The number of carbonyl (C=O) groups excluding carboxylic acids is 4. The Morgan fingerprint density at radius 2 is 1.64 bits per heavy atom. The molecular formula is C32H40N4O8. The number of nitrogens with zero attached hydrogens (tertiary/aromatic N) is 1. The molecule has 0 bridgehead atoms. The first-order chi connectivity index (χ1) is 21.1. The highest BCUT2D eigenvalue weighted by atomic mass is 16.6. The normalized spacial score (nSPS) is 25.5. The fourth-order valence-electron chi connectivity index (χ4n) is 5.99. The first-order valence-corrected chi connectivity index (χ1v) is 14.8. The lowest BCUT2D eigenvalue weighted by Crippen LogP contribution is -2.73. The molecule has 3 fully saturated rings. The molecule has 0 aromatic heterocycles. The summed E-state index contributed by atoms with van der Waals surface area (Å²) in [5.41, 5.74) is 0.0459. The van der Waals surface area contributed by atoms with Gasteiger partial charge in [0.05, 0.1) is 33.5 Å². The molecule has 2 aromatic rings. The van der Waals surface area contributed by atoms with Crippen molar-refractivity contribution in [2.75, 3.05) is 40.0 Å². The Labute approximate surface area is 256 Å². The van der Waals surface area contributed by atoms with E-state index < -0.39 is 41.1 Å². The van der Waals surface area contributed by atoms with Gasteiger partial charge >= 0.3 is 0 Å². The Bertz CT molecular complexity index is 1380. The van der Waals surface area contributed by atoms with Gasteiger partial charge in [-0.1, -0.05) is 36.4 Å². The van der Waals surface area contributed by atoms with E-state index >= 15 is 0 Å². The maximum Gasteiger partial charge on any atom is 0.243 e. The summed E-state index contributed by atoms with van der Waals surface area (Å²) in [4.78, 5) is 55.2. The van der Waals surface area contributed by atoms with Crippen LogP contribution in [0.15, 0.2) is 48.5 Å². The second-order valence-electron chi connectivity index (χ2n) is 11.8. The number of rotatable bonds is 13. The van der Waals surface area contributed by atoms with Crippen molar-refractivity contribution >= 4 is 23.5 Å². The average Bonchev–Trinajstić information content (AvgIpc) is 3.69. The van der Waals surface area contributed by atoms with Gasteiger partial charge in [0.1, 0.15) is 29.5 Å². The van der Waals surface area contributed by atoms with E-state index in [9.17, 15) is 24.3 Å². The van der Waals surface area contributed by atoms with Crippen LogP contribution in [-0.4, -0.2) is 103 Å². The van der Waals surface area contributed by atoms with E-state index in [0.29, 0.717) is 32.1 Å². The number of ketones is 1. The number of epoxide rings is 1. The number of morpholine rings is 1. The van der Waals surface area contributed by atoms with E-state index in [-0.39, 0.29) is 37.7 Å². The molecule has 5 rings (SSSR count). The molecular weight excluding hydrogens is 568 g/mol. The number of aliphatic hydroxyl groups is 1. The highest BCUT2D eigenvalue weighted by Gasteiger charge is 2.83. The van der Waals surface area contributed by atoms with Crippen molar-refractivity contribution in [3.63, 3.8) is 0 Å². The number of hydrogen-bond donors (Lipinski definition) is 4. The number of nitrogens with one attached hydrogen (secondary N) is 3. The Kier molecular flexibility index (Phi) is 9.35. The summed E-state index contributed by atoms with van der Waals surface area (Å²) in [7, 11) is 1.56. The predicted octanol–water partition coefficient (Wildman–Crippen LogP) is -0.110. The van der Waals surface area contributed by atoms with Crippen LogP contribution < -0.4 is 20.7 Å². The number of Topliss-reactive ketones (excluding diaryl/α,β-unsaturated/α-hetero) is 1. The summed E-state index contributed by atoms with van der Waals surface area (Å²) < 4.78 is 16.3. The first kappa shape index (κ1) is 31.6. The molecule has 2 aromatic carbocycles. The van der Waals surface area contributed by atoms with Crippen LogP contribution in [0, 0.1) is 0 Å². The van der Waals surface area contributed by atoms with Crippen molar-refractivity contribution in [1.29, 1.82) is 0 Å². The van der Waals surface area contributed by atoms with Crippen molar-refractivity contribution in [2.45, 2.75) is 62.6 Å².